The van der Waals surface area contributed by atoms with E-state index < -0.39 is 38.6 Å². The molecule has 0 spiro atoms. The fourth-order valence-corrected chi connectivity index (χ4v) is 2.40. The van der Waals surface area contributed by atoms with E-state index in [1.54, 1.807) is 0 Å². The fourth-order valence-electron chi connectivity index (χ4n) is 1.55. The summed E-state index contributed by atoms with van der Waals surface area (Å²) in [6, 6.07) is 1.86. The minimum atomic E-state index is -4.25. The molecule has 0 radical (unpaired) electrons. The van der Waals surface area contributed by atoms with Crippen molar-refractivity contribution in [2.45, 2.75) is 37.5 Å². The molecule has 0 amide bonds. The molecule has 2 atom stereocenters. The molecule has 0 aliphatic carbocycles. The predicted octanol–water partition coefficient (Wildman–Crippen LogP) is 2.41. The van der Waals surface area contributed by atoms with Crippen LogP contribution in [0.5, 0.6) is 0 Å². The van der Waals surface area contributed by atoms with E-state index in [4.69, 9.17) is 5.11 Å². The predicted molar refractivity (Wildman–Crippen MR) is 79.5 cm³/mol. The number of halogens is 2. The normalized spacial score (nSPS) is 15.0. The van der Waals surface area contributed by atoms with Gasteiger partial charge in [0.1, 0.15) is 6.04 Å². The van der Waals surface area contributed by atoms with Crippen LogP contribution in [0.15, 0.2) is 24.3 Å². The number of alkyl halides is 2. The first-order chi connectivity index (χ1) is 10.4. The second kappa shape index (κ2) is 6.67. The number of benzene rings is 1. The Labute approximate surface area is 133 Å². The lowest BCUT2D eigenvalue weighted by atomic mass is 10.0. The molecule has 0 aliphatic rings. The summed E-state index contributed by atoms with van der Waals surface area (Å²) in [6.07, 6.45) is 0. The van der Waals surface area contributed by atoms with Crippen molar-refractivity contribution in [2.24, 2.45) is 0 Å². The van der Waals surface area contributed by atoms with Crippen molar-refractivity contribution in [3.8, 4) is 0 Å². The summed E-state index contributed by atoms with van der Waals surface area (Å²) >= 11 is 0. The molecule has 1 rings (SSSR count). The minimum Gasteiger partial charge on any atom is -0.477 e. The van der Waals surface area contributed by atoms with Crippen molar-refractivity contribution < 1.29 is 27.8 Å². The van der Waals surface area contributed by atoms with E-state index in [1.165, 1.54) is 20.8 Å². The third-order valence-corrected chi connectivity index (χ3v) is 4.43. The lowest BCUT2D eigenvalue weighted by Gasteiger charge is -2.28. The molecule has 128 valence electrons. The first-order valence-electron chi connectivity index (χ1n) is 6.41. The number of carboxylic acid groups (broad SMARTS) is 1. The highest BCUT2D eigenvalue weighted by Crippen LogP contribution is 2.33. The van der Waals surface area contributed by atoms with Gasteiger partial charge in [0.15, 0.2) is 0 Å². The molecule has 10 heteroatoms. The third kappa shape index (κ3) is 4.52. The molecule has 0 heterocycles. The molecular weight excluding hydrogens is 334 g/mol. The molecule has 0 fully saturated rings. The van der Waals surface area contributed by atoms with Gasteiger partial charge in [0.05, 0.1) is 20.7 Å². The molecule has 0 saturated heterocycles. The molecule has 2 N–H and O–H groups in total. The van der Waals surface area contributed by atoms with E-state index in [0.29, 0.717) is 0 Å². The van der Waals surface area contributed by atoms with Crippen LogP contribution in [0.3, 0.4) is 0 Å². The van der Waals surface area contributed by atoms with Crippen molar-refractivity contribution in [2.75, 3.05) is 0 Å². The monoisotopic (exact) mass is 350 g/mol. The van der Waals surface area contributed by atoms with Crippen LogP contribution >= 0.6 is 0 Å². The van der Waals surface area contributed by atoms with Gasteiger partial charge in [-0.3, -0.25) is 10.1 Å². The highest BCUT2D eigenvalue weighted by atomic mass is 32.2. The standard InChI is InChI=1S/C13H16F2N2O5S/c1-12(2,3)23(22)16-10(13(14,15)11(18)19)8-4-6-9(7-5-8)17(20)21/h4-7,10,16H,1-3H3,(H,18,19)/t10-,23?/m1/s1. The number of nitro groups is 1. The summed E-state index contributed by atoms with van der Waals surface area (Å²) in [5.41, 5.74) is -0.552. The Morgan fingerprint density at radius 3 is 2.13 bits per heavy atom. The van der Waals surface area contributed by atoms with Crippen molar-refractivity contribution in [3.63, 3.8) is 0 Å². The Bertz CT molecular complexity index is 628. The summed E-state index contributed by atoms with van der Waals surface area (Å²) in [6.45, 7) is 4.59. The van der Waals surface area contributed by atoms with Gasteiger partial charge in [0, 0.05) is 12.1 Å². The number of nitrogens with zero attached hydrogens (tertiary/aromatic N) is 1. The van der Waals surface area contributed by atoms with Crippen LogP contribution in [0.1, 0.15) is 32.4 Å². The zero-order valence-electron chi connectivity index (χ0n) is 12.6. The molecule has 0 aliphatic heterocycles. The maximum atomic E-state index is 14.0. The van der Waals surface area contributed by atoms with Gasteiger partial charge in [0.2, 0.25) is 0 Å². The van der Waals surface area contributed by atoms with Gasteiger partial charge >= 0.3 is 11.9 Å². The smallest absolute Gasteiger partial charge is 0.376 e. The van der Waals surface area contributed by atoms with E-state index in [2.05, 4.69) is 4.72 Å². The topological polar surface area (TPSA) is 110 Å². The number of rotatable bonds is 6. The van der Waals surface area contributed by atoms with Crippen LogP contribution in [-0.4, -0.2) is 30.9 Å². The van der Waals surface area contributed by atoms with E-state index in [9.17, 15) is 27.9 Å². The third-order valence-electron chi connectivity index (χ3n) is 2.87. The quantitative estimate of drug-likeness (QED) is 0.605. The average molecular weight is 350 g/mol. The Morgan fingerprint density at radius 2 is 1.78 bits per heavy atom. The molecule has 1 unspecified atom stereocenters. The molecule has 0 bridgehead atoms. The number of nitrogens with one attached hydrogen (secondary N) is 1. The molecule has 0 saturated carbocycles. The van der Waals surface area contributed by atoms with Gasteiger partial charge in [-0.1, -0.05) is 12.1 Å². The molecule has 23 heavy (non-hydrogen) atoms. The second-order valence-electron chi connectivity index (χ2n) is 5.71. The van der Waals surface area contributed by atoms with Crippen LogP contribution in [-0.2, 0) is 15.8 Å². The first kappa shape index (κ1) is 19.1. The van der Waals surface area contributed by atoms with Crippen molar-refractivity contribution in [1.82, 2.24) is 4.72 Å². The Hall–Kier alpha value is -1.94. The molecule has 1 aromatic rings. The summed E-state index contributed by atoms with van der Waals surface area (Å²) in [5, 5.41) is 19.3. The number of non-ortho nitro benzene ring substituents is 1. The summed E-state index contributed by atoms with van der Waals surface area (Å²) in [7, 11) is -1.97. The number of nitro benzene ring substituents is 1. The van der Waals surface area contributed by atoms with E-state index in [0.717, 1.165) is 24.3 Å². The maximum absolute atomic E-state index is 14.0. The highest BCUT2D eigenvalue weighted by Gasteiger charge is 2.49. The van der Waals surface area contributed by atoms with Gasteiger partial charge in [-0.2, -0.15) is 8.78 Å². The maximum Gasteiger partial charge on any atom is 0.376 e. The van der Waals surface area contributed by atoms with Gasteiger partial charge < -0.3 is 5.11 Å². The van der Waals surface area contributed by atoms with Gasteiger partial charge in [-0.15, -0.1) is 0 Å². The van der Waals surface area contributed by atoms with Crippen LogP contribution in [0.2, 0.25) is 0 Å². The zero-order chi connectivity index (χ0) is 18.0. The summed E-state index contributed by atoms with van der Waals surface area (Å²) < 4.78 is 41.2. The lowest BCUT2D eigenvalue weighted by molar-refractivity contribution is -0.384. The van der Waals surface area contributed by atoms with Crippen molar-refractivity contribution in [3.05, 3.63) is 39.9 Å². The van der Waals surface area contributed by atoms with Crippen LogP contribution in [0.25, 0.3) is 0 Å². The minimum absolute atomic E-state index is 0.222. The van der Waals surface area contributed by atoms with Crippen LogP contribution < -0.4 is 4.72 Å². The number of hydrogen-bond donors (Lipinski definition) is 2. The fraction of sp³-hybridized carbons (Fsp3) is 0.462. The Kier molecular flexibility index (Phi) is 5.54. The summed E-state index contributed by atoms with van der Waals surface area (Å²) in [4.78, 5) is 20.7. The van der Waals surface area contributed by atoms with E-state index in [1.807, 2.05) is 0 Å². The highest BCUT2D eigenvalue weighted by molar-refractivity contribution is 7.84. The summed E-state index contributed by atoms with van der Waals surface area (Å²) in [5.74, 6) is -6.64. The number of carbonyl (C=O) groups is 1. The average Bonchev–Trinajstić information content (AvgIpc) is 2.43. The second-order valence-corrected chi connectivity index (χ2v) is 7.71. The van der Waals surface area contributed by atoms with Crippen LogP contribution in [0.4, 0.5) is 14.5 Å². The van der Waals surface area contributed by atoms with Gasteiger partial charge in [0.25, 0.3) is 5.69 Å². The number of carboxylic acids is 1. The lowest BCUT2D eigenvalue weighted by Crippen LogP contribution is -2.47. The molecular formula is C13H16F2N2O5S. The molecule has 7 nitrogen and oxygen atoms in total. The zero-order valence-corrected chi connectivity index (χ0v) is 13.4. The Balaban J connectivity index is 3.26. The SMILES string of the molecule is CC(C)(C)S(=O)N[C@H](c1ccc([N+](=O)[O-])cc1)C(F)(F)C(=O)O. The van der Waals surface area contributed by atoms with Crippen LogP contribution in [0, 0.1) is 10.1 Å². The first-order valence-corrected chi connectivity index (χ1v) is 7.56. The molecule has 1 aromatic carbocycles. The van der Waals surface area contributed by atoms with Gasteiger partial charge in [-0.05, 0) is 26.3 Å². The van der Waals surface area contributed by atoms with E-state index in [-0.39, 0.29) is 11.3 Å². The largest absolute Gasteiger partial charge is 0.477 e. The number of aliphatic carboxylic acids is 1. The molecule has 0 aromatic heterocycles. The van der Waals surface area contributed by atoms with Crippen molar-refractivity contribution >= 4 is 22.6 Å². The van der Waals surface area contributed by atoms with Gasteiger partial charge in [-0.25, -0.2) is 13.7 Å². The van der Waals surface area contributed by atoms with Crippen molar-refractivity contribution in [1.29, 1.82) is 0 Å². The number of hydrogen-bond acceptors (Lipinski definition) is 4. The van der Waals surface area contributed by atoms with E-state index >= 15 is 0 Å². The Morgan fingerprint density at radius 1 is 1.30 bits per heavy atom.